The number of pyridine rings is 1. The summed E-state index contributed by atoms with van der Waals surface area (Å²) >= 11 is 0. The van der Waals surface area contributed by atoms with Crippen LogP contribution in [0.5, 0.6) is 0 Å². The molecule has 0 amide bonds. The number of hydrogen-bond donors (Lipinski definition) is 0. The van der Waals surface area contributed by atoms with E-state index >= 15 is 0 Å². The van der Waals surface area contributed by atoms with Gasteiger partial charge in [0.2, 0.25) is 0 Å². The van der Waals surface area contributed by atoms with E-state index in [1.165, 1.54) is 26.9 Å². The predicted octanol–water partition coefficient (Wildman–Crippen LogP) is 14.0. The standard InChI is InChI=1S/C54H34N4/c1-3-14-37(15-4-1)51-45-20-10-9-19-43(45)46-31-32-47-44-30-28-40(34-50(44)57(53(47)52(46)56-51)41-17-5-2-6-18-41)36-23-25-38(26-24-36)54-55-48-21-11-12-22-49(48)58(54)42-29-27-35-13-7-8-16-39(35)33-42/h1-34H. The second kappa shape index (κ2) is 12.9. The molecule has 4 heteroatoms. The zero-order chi connectivity index (χ0) is 38.2. The van der Waals surface area contributed by atoms with Gasteiger partial charge in [-0.25, -0.2) is 9.97 Å². The zero-order valence-electron chi connectivity index (χ0n) is 31.4. The Bertz CT molecular complexity index is 3540. The lowest BCUT2D eigenvalue weighted by atomic mass is 9.98. The summed E-state index contributed by atoms with van der Waals surface area (Å²) in [5.41, 5.74) is 13.0. The fraction of sp³-hybridized carbons (Fsp3) is 0. The van der Waals surface area contributed by atoms with E-state index in [1.54, 1.807) is 0 Å². The molecule has 0 atom stereocenters. The molecule has 0 radical (unpaired) electrons. The molecule has 12 aromatic rings. The van der Waals surface area contributed by atoms with Gasteiger partial charge in [0.15, 0.2) is 0 Å². The predicted molar refractivity (Wildman–Crippen MR) is 242 cm³/mol. The zero-order valence-corrected chi connectivity index (χ0v) is 31.4. The van der Waals surface area contributed by atoms with Crippen molar-refractivity contribution < 1.29 is 0 Å². The summed E-state index contributed by atoms with van der Waals surface area (Å²) in [6.07, 6.45) is 0. The highest BCUT2D eigenvalue weighted by atomic mass is 15.1. The van der Waals surface area contributed by atoms with Crippen molar-refractivity contribution >= 4 is 65.3 Å². The Morgan fingerprint density at radius 2 is 0.983 bits per heavy atom. The lowest BCUT2D eigenvalue weighted by molar-refractivity contribution is 1.11. The van der Waals surface area contributed by atoms with Gasteiger partial charge in [0.1, 0.15) is 5.82 Å². The maximum Gasteiger partial charge on any atom is 0.145 e. The molecular weight excluding hydrogens is 705 g/mol. The Morgan fingerprint density at radius 1 is 0.328 bits per heavy atom. The molecule has 12 rings (SSSR count). The first-order valence-corrected chi connectivity index (χ1v) is 19.7. The summed E-state index contributed by atoms with van der Waals surface area (Å²) in [6.45, 7) is 0. The number of rotatable bonds is 5. The van der Waals surface area contributed by atoms with Crippen LogP contribution < -0.4 is 0 Å². The van der Waals surface area contributed by atoms with Crippen molar-refractivity contribution in [2.24, 2.45) is 0 Å². The molecule has 0 unspecified atom stereocenters. The second-order valence-electron chi connectivity index (χ2n) is 15.0. The third-order valence-electron chi connectivity index (χ3n) is 11.7. The maximum absolute atomic E-state index is 5.53. The number of para-hydroxylation sites is 3. The fourth-order valence-corrected chi connectivity index (χ4v) is 8.96. The maximum atomic E-state index is 5.53. The normalized spacial score (nSPS) is 11.8. The van der Waals surface area contributed by atoms with Crippen molar-refractivity contribution in [3.8, 4) is 45.1 Å². The van der Waals surface area contributed by atoms with Crippen LogP contribution in [0, 0.1) is 0 Å². The van der Waals surface area contributed by atoms with Crippen LogP contribution >= 0.6 is 0 Å². The second-order valence-corrected chi connectivity index (χ2v) is 15.0. The van der Waals surface area contributed by atoms with Crippen LogP contribution in [0.25, 0.3) is 110 Å². The van der Waals surface area contributed by atoms with Crippen molar-refractivity contribution in [3.63, 3.8) is 0 Å². The number of hydrogen-bond acceptors (Lipinski definition) is 2. The molecule has 3 aromatic heterocycles. The Hall–Kier alpha value is -7.82. The highest BCUT2D eigenvalue weighted by Crippen LogP contribution is 2.41. The molecule has 0 aliphatic heterocycles. The average Bonchev–Trinajstić information content (AvgIpc) is 3.85. The quantitative estimate of drug-likeness (QED) is 0.165. The number of nitrogens with zero attached hydrogens (tertiary/aromatic N) is 4. The molecule has 0 fully saturated rings. The Kier molecular flexibility index (Phi) is 7.20. The Balaban J connectivity index is 1.04. The van der Waals surface area contributed by atoms with Crippen LogP contribution in [0.4, 0.5) is 0 Å². The van der Waals surface area contributed by atoms with Gasteiger partial charge in [0, 0.05) is 44.0 Å². The van der Waals surface area contributed by atoms with Gasteiger partial charge in [-0.15, -0.1) is 0 Å². The van der Waals surface area contributed by atoms with Crippen LogP contribution in [0.1, 0.15) is 0 Å². The highest BCUT2D eigenvalue weighted by molar-refractivity contribution is 6.23. The molecule has 0 saturated heterocycles. The SMILES string of the molecule is c1ccc(-c2nc3c(ccc4c5ccc(-c6ccc(-c7nc8ccccc8n7-c7ccc8ccccc8c7)cc6)cc5n(-c5ccccc5)c43)c3ccccc23)cc1. The van der Waals surface area contributed by atoms with Gasteiger partial charge in [-0.1, -0.05) is 164 Å². The minimum atomic E-state index is 0.921. The highest BCUT2D eigenvalue weighted by Gasteiger charge is 2.20. The summed E-state index contributed by atoms with van der Waals surface area (Å²) in [5.74, 6) is 0.921. The molecule has 0 saturated carbocycles. The number of aromatic nitrogens is 4. The van der Waals surface area contributed by atoms with Gasteiger partial charge in [0.05, 0.1) is 33.3 Å². The molecule has 0 N–H and O–H groups in total. The summed E-state index contributed by atoms with van der Waals surface area (Å²) in [7, 11) is 0. The number of fused-ring (bicyclic) bond motifs is 9. The molecular formula is C54H34N4. The van der Waals surface area contributed by atoms with Crippen LogP contribution in [0.15, 0.2) is 206 Å². The van der Waals surface area contributed by atoms with Crippen LogP contribution in [0.3, 0.4) is 0 Å². The molecule has 4 nitrogen and oxygen atoms in total. The first-order chi connectivity index (χ1) is 28.8. The van der Waals surface area contributed by atoms with Gasteiger partial charge < -0.3 is 4.57 Å². The van der Waals surface area contributed by atoms with Crippen LogP contribution in [-0.4, -0.2) is 19.1 Å². The first kappa shape index (κ1) is 32.4. The Labute approximate surface area is 334 Å². The summed E-state index contributed by atoms with van der Waals surface area (Å²) in [5, 5.41) is 8.31. The van der Waals surface area contributed by atoms with E-state index in [4.69, 9.17) is 9.97 Å². The Morgan fingerprint density at radius 3 is 1.83 bits per heavy atom. The molecule has 58 heavy (non-hydrogen) atoms. The number of benzene rings is 9. The van der Waals surface area contributed by atoms with Gasteiger partial charge in [-0.2, -0.15) is 0 Å². The fourth-order valence-electron chi connectivity index (χ4n) is 8.96. The minimum absolute atomic E-state index is 0.921. The molecule has 270 valence electrons. The molecule has 0 spiro atoms. The van der Waals surface area contributed by atoms with E-state index < -0.39 is 0 Å². The van der Waals surface area contributed by atoms with E-state index in [2.05, 4.69) is 215 Å². The molecule has 9 aromatic carbocycles. The lowest BCUT2D eigenvalue weighted by Gasteiger charge is -2.13. The molecule has 0 aliphatic carbocycles. The van der Waals surface area contributed by atoms with Crippen molar-refractivity contribution in [1.29, 1.82) is 0 Å². The topological polar surface area (TPSA) is 35.6 Å². The van der Waals surface area contributed by atoms with E-state index in [-0.39, 0.29) is 0 Å². The van der Waals surface area contributed by atoms with Crippen molar-refractivity contribution in [1.82, 2.24) is 19.1 Å². The van der Waals surface area contributed by atoms with E-state index in [1.807, 2.05) is 0 Å². The largest absolute Gasteiger partial charge is 0.307 e. The summed E-state index contributed by atoms with van der Waals surface area (Å²) < 4.78 is 4.69. The van der Waals surface area contributed by atoms with Gasteiger partial charge in [-0.3, -0.25) is 4.57 Å². The monoisotopic (exact) mass is 738 g/mol. The van der Waals surface area contributed by atoms with E-state index in [0.29, 0.717) is 0 Å². The molecule has 3 heterocycles. The van der Waals surface area contributed by atoms with Crippen LogP contribution in [-0.2, 0) is 0 Å². The van der Waals surface area contributed by atoms with Gasteiger partial charge >= 0.3 is 0 Å². The first-order valence-electron chi connectivity index (χ1n) is 19.7. The van der Waals surface area contributed by atoms with Crippen molar-refractivity contribution in [2.45, 2.75) is 0 Å². The third-order valence-corrected chi connectivity index (χ3v) is 11.7. The van der Waals surface area contributed by atoms with Gasteiger partial charge in [-0.05, 0) is 69.8 Å². The average molecular weight is 739 g/mol. The summed E-state index contributed by atoms with van der Waals surface area (Å²) in [6, 6.07) is 73.7. The van der Waals surface area contributed by atoms with Gasteiger partial charge in [0.25, 0.3) is 0 Å². The lowest BCUT2D eigenvalue weighted by Crippen LogP contribution is -1.98. The van der Waals surface area contributed by atoms with Crippen LogP contribution in [0.2, 0.25) is 0 Å². The number of imidazole rings is 1. The third kappa shape index (κ3) is 5.02. The molecule has 0 bridgehead atoms. The van der Waals surface area contributed by atoms with E-state index in [9.17, 15) is 0 Å². The summed E-state index contributed by atoms with van der Waals surface area (Å²) in [4.78, 5) is 10.7. The smallest absolute Gasteiger partial charge is 0.145 e. The molecule has 0 aliphatic rings. The minimum Gasteiger partial charge on any atom is -0.307 e. The van der Waals surface area contributed by atoms with Crippen molar-refractivity contribution in [2.75, 3.05) is 0 Å². The van der Waals surface area contributed by atoms with E-state index in [0.717, 1.165) is 83.5 Å². The van der Waals surface area contributed by atoms with Crippen molar-refractivity contribution in [3.05, 3.63) is 206 Å².